The third-order valence-electron chi connectivity index (χ3n) is 6.10. The summed E-state index contributed by atoms with van der Waals surface area (Å²) in [5, 5.41) is 0. The molecule has 0 N–H and O–H groups in total. The summed E-state index contributed by atoms with van der Waals surface area (Å²) < 4.78 is 12.6. The van der Waals surface area contributed by atoms with Crippen LogP contribution >= 0.6 is 0 Å². The molecule has 1 aromatic carbocycles. The van der Waals surface area contributed by atoms with E-state index in [0.717, 1.165) is 44.1 Å². The molecule has 0 radical (unpaired) electrons. The molecule has 1 saturated carbocycles. The zero-order chi connectivity index (χ0) is 16.6. The number of hydrogen-bond donors (Lipinski definition) is 0. The molecule has 0 unspecified atom stereocenters. The van der Waals surface area contributed by atoms with Crippen LogP contribution in [0.25, 0.3) is 5.57 Å². The lowest BCUT2D eigenvalue weighted by atomic mass is 9.89. The summed E-state index contributed by atoms with van der Waals surface area (Å²) >= 11 is 0. The average Bonchev–Trinajstić information content (AvgIpc) is 2.57. The standard InChI is InChI=1S/C21H29NO2/c1-3-16(4-2)17-8-9-20-18(14-17)15-23-21(24-20)10-12-22(13-11-21)19-6-5-7-19/h3,8-9,14,19H,4-7,10-13,15H2,1-2H3/b16-3+. The molecule has 0 amide bonds. The largest absolute Gasteiger partial charge is 0.462 e. The van der Waals surface area contributed by atoms with Crippen molar-refractivity contribution in [2.45, 2.75) is 70.8 Å². The molecule has 1 saturated heterocycles. The fraction of sp³-hybridized carbons (Fsp3) is 0.619. The highest BCUT2D eigenvalue weighted by Gasteiger charge is 2.42. The Morgan fingerprint density at radius 1 is 1.29 bits per heavy atom. The molecule has 24 heavy (non-hydrogen) atoms. The maximum atomic E-state index is 6.37. The molecule has 1 aliphatic carbocycles. The molecule has 2 fully saturated rings. The fourth-order valence-corrected chi connectivity index (χ4v) is 4.23. The molecule has 2 heterocycles. The second-order valence-corrected chi connectivity index (χ2v) is 7.41. The van der Waals surface area contributed by atoms with Gasteiger partial charge in [0, 0.05) is 37.5 Å². The number of rotatable bonds is 3. The van der Waals surface area contributed by atoms with Gasteiger partial charge < -0.3 is 9.47 Å². The number of allylic oxidation sites excluding steroid dienone is 2. The second-order valence-electron chi connectivity index (χ2n) is 7.41. The summed E-state index contributed by atoms with van der Waals surface area (Å²) in [6.45, 7) is 7.20. The van der Waals surface area contributed by atoms with E-state index in [1.165, 1.54) is 36.0 Å². The first-order valence-corrected chi connectivity index (χ1v) is 9.58. The molecule has 1 spiro atoms. The van der Waals surface area contributed by atoms with Crippen LogP contribution in [0.1, 0.15) is 63.5 Å². The Labute approximate surface area is 145 Å². The fourth-order valence-electron chi connectivity index (χ4n) is 4.23. The highest BCUT2D eigenvalue weighted by atomic mass is 16.7. The molecule has 1 aromatic rings. The molecular weight excluding hydrogens is 298 g/mol. The normalized spacial score (nSPS) is 24.3. The zero-order valence-electron chi connectivity index (χ0n) is 15.0. The highest BCUT2D eigenvalue weighted by molar-refractivity contribution is 5.66. The molecule has 0 bridgehead atoms. The molecular formula is C21H29NO2. The van der Waals surface area contributed by atoms with Crippen molar-refractivity contribution in [3.63, 3.8) is 0 Å². The Bertz CT molecular complexity index is 625. The molecule has 130 valence electrons. The van der Waals surface area contributed by atoms with Gasteiger partial charge in [0.15, 0.2) is 0 Å². The van der Waals surface area contributed by atoms with Crippen molar-refractivity contribution in [3.05, 3.63) is 35.4 Å². The van der Waals surface area contributed by atoms with Gasteiger partial charge >= 0.3 is 0 Å². The first-order valence-electron chi connectivity index (χ1n) is 9.58. The minimum Gasteiger partial charge on any atom is -0.462 e. The number of fused-ring (bicyclic) bond motifs is 1. The smallest absolute Gasteiger partial charge is 0.213 e. The lowest BCUT2D eigenvalue weighted by molar-refractivity contribution is -0.231. The van der Waals surface area contributed by atoms with Gasteiger partial charge in [0.25, 0.3) is 0 Å². The molecule has 3 aliphatic rings. The average molecular weight is 327 g/mol. The minimum absolute atomic E-state index is 0.386. The van der Waals surface area contributed by atoms with E-state index in [1.54, 1.807) is 0 Å². The monoisotopic (exact) mass is 327 g/mol. The van der Waals surface area contributed by atoms with E-state index in [9.17, 15) is 0 Å². The van der Waals surface area contributed by atoms with Crippen molar-refractivity contribution in [2.24, 2.45) is 0 Å². The van der Waals surface area contributed by atoms with Gasteiger partial charge in [-0.2, -0.15) is 0 Å². The molecule has 4 rings (SSSR count). The summed E-state index contributed by atoms with van der Waals surface area (Å²) in [5.74, 6) is 0.636. The van der Waals surface area contributed by atoms with Gasteiger partial charge in [0.1, 0.15) is 5.75 Å². The summed E-state index contributed by atoms with van der Waals surface area (Å²) in [7, 11) is 0. The van der Waals surface area contributed by atoms with Crippen LogP contribution < -0.4 is 4.74 Å². The van der Waals surface area contributed by atoms with Gasteiger partial charge in [-0.3, -0.25) is 4.90 Å². The Hall–Kier alpha value is -1.32. The molecule has 2 aliphatic heterocycles. The molecule has 3 heteroatoms. The van der Waals surface area contributed by atoms with Crippen LogP contribution in [0, 0.1) is 0 Å². The molecule has 3 nitrogen and oxygen atoms in total. The third-order valence-corrected chi connectivity index (χ3v) is 6.10. The van der Waals surface area contributed by atoms with Crippen LogP contribution in [0.3, 0.4) is 0 Å². The Morgan fingerprint density at radius 3 is 2.71 bits per heavy atom. The first kappa shape index (κ1) is 16.2. The van der Waals surface area contributed by atoms with Crippen molar-refractivity contribution in [1.82, 2.24) is 4.90 Å². The third kappa shape index (κ3) is 2.89. The summed E-state index contributed by atoms with van der Waals surface area (Å²) in [4.78, 5) is 2.64. The van der Waals surface area contributed by atoms with Crippen molar-refractivity contribution >= 4 is 5.57 Å². The number of piperidine rings is 1. The number of ether oxygens (including phenoxy) is 2. The number of benzene rings is 1. The first-order chi connectivity index (χ1) is 11.7. The number of nitrogens with zero attached hydrogens (tertiary/aromatic N) is 1. The van der Waals surface area contributed by atoms with Crippen molar-refractivity contribution in [2.75, 3.05) is 13.1 Å². The van der Waals surface area contributed by atoms with Crippen LogP contribution in [-0.4, -0.2) is 29.8 Å². The maximum Gasteiger partial charge on any atom is 0.213 e. The van der Waals surface area contributed by atoms with Gasteiger partial charge in [-0.1, -0.05) is 25.5 Å². The Balaban J connectivity index is 1.46. The van der Waals surface area contributed by atoms with E-state index < -0.39 is 0 Å². The van der Waals surface area contributed by atoms with Gasteiger partial charge in [0.05, 0.1) is 6.61 Å². The topological polar surface area (TPSA) is 21.7 Å². The van der Waals surface area contributed by atoms with Crippen molar-refractivity contribution in [1.29, 1.82) is 0 Å². The summed E-state index contributed by atoms with van der Waals surface area (Å²) in [6, 6.07) is 7.41. The van der Waals surface area contributed by atoms with Crippen LogP contribution in [0.15, 0.2) is 24.3 Å². The van der Waals surface area contributed by atoms with Gasteiger partial charge in [0.2, 0.25) is 5.79 Å². The van der Waals surface area contributed by atoms with Crippen molar-refractivity contribution in [3.8, 4) is 5.75 Å². The molecule has 0 aromatic heterocycles. The predicted molar refractivity (Wildman–Crippen MR) is 97.0 cm³/mol. The minimum atomic E-state index is -0.386. The lowest BCUT2D eigenvalue weighted by Gasteiger charge is -2.47. The summed E-state index contributed by atoms with van der Waals surface area (Å²) in [5.41, 5.74) is 3.86. The van der Waals surface area contributed by atoms with E-state index in [0.29, 0.717) is 6.61 Å². The number of likely N-dealkylation sites (tertiary alicyclic amines) is 1. The van der Waals surface area contributed by atoms with Crippen LogP contribution in [0.2, 0.25) is 0 Å². The molecule has 0 atom stereocenters. The Morgan fingerprint density at radius 2 is 2.08 bits per heavy atom. The SMILES string of the molecule is C/C=C(\CC)c1ccc2c(c1)COC1(CCN(C3CCC3)CC1)O2. The van der Waals surface area contributed by atoms with Crippen LogP contribution in [0.5, 0.6) is 5.75 Å². The predicted octanol–water partition coefficient (Wildman–Crippen LogP) is 4.75. The van der Waals surface area contributed by atoms with Gasteiger partial charge in [-0.25, -0.2) is 0 Å². The van der Waals surface area contributed by atoms with Gasteiger partial charge in [-0.15, -0.1) is 0 Å². The summed E-state index contributed by atoms with van der Waals surface area (Å²) in [6.07, 6.45) is 9.39. The van der Waals surface area contributed by atoms with E-state index >= 15 is 0 Å². The lowest BCUT2D eigenvalue weighted by Crippen LogP contribution is -2.54. The number of hydrogen-bond acceptors (Lipinski definition) is 3. The quantitative estimate of drug-likeness (QED) is 0.799. The highest BCUT2D eigenvalue weighted by Crippen LogP contribution is 2.40. The van der Waals surface area contributed by atoms with Crippen LogP contribution in [-0.2, 0) is 11.3 Å². The van der Waals surface area contributed by atoms with Crippen LogP contribution in [0.4, 0.5) is 0 Å². The second kappa shape index (κ2) is 6.53. The van der Waals surface area contributed by atoms with Gasteiger partial charge in [-0.05, 0) is 49.5 Å². The van der Waals surface area contributed by atoms with E-state index in [4.69, 9.17) is 9.47 Å². The van der Waals surface area contributed by atoms with E-state index in [-0.39, 0.29) is 5.79 Å². The zero-order valence-corrected chi connectivity index (χ0v) is 15.0. The van der Waals surface area contributed by atoms with E-state index in [1.807, 2.05) is 0 Å². The Kier molecular flexibility index (Phi) is 4.40. The van der Waals surface area contributed by atoms with E-state index in [2.05, 4.69) is 43.0 Å². The van der Waals surface area contributed by atoms with Crippen molar-refractivity contribution < 1.29 is 9.47 Å². The maximum absolute atomic E-state index is 6.37.